The average Bonchev–Trinajstić information content (AvgIpc) is 2.96. The zero-order chi connectivity index (χ0) is 17.0. The monoisotopic (exact) mass is 336 g/mol. The molecule has 0 aromatic heterocycles. The first-order chi connectivity index (χ1) is 10.8. The minimum absolute atomic E-state index is 0.127. The molecule has 0 spiro atoms. The second kappa shape index (κ2) is 6.95. The molecule has 1 aromatic carbocycles. The van der Waals surface area contributed by atoms with Gasteiger partial charge in [0.05, 0.1) is 11.3 Å². The summed E-state index contributed by atoms with van der Waals surface area (Å²) < 4.78 is 22.9. The van der Waals surface area contributed by atoms with Gasteiger partial charge in [0.2, 0.25) is 11.8 Å². The summed E-state index contributed by atoms with van der Waals surface area (Å²) in [6.45, 7) is 4.59. The van der Waals surface area contributed by atoms with Gasteiger partial charge in [-0.05, 0) is 24.1 Å². The lowest BCUT2D eigenvalue weighted by atomic mass is 10.1. The molecule has 0 N–H and O–H groups in total. The van der Waals surface area contributed by atoms with Gasteiger partial charge in [-0.25, -0.2) is 8.42 Å². The van der Waals surface area contributed by atoms with Crippen LogP contribution in [0.5, 0.6) is 0 Å². The molecule has 0 aliphatic carbocycles. The normalized spacial score (nSPS) is 14.8. The van der Waals surface area contributed by atoms with E-state index in [0.717, 1.165) is 12.7 Å². The van der Waals surface area contributed by atoms with Gasteiger partial charge in [0.25, 0.3) is 0 Å². The van der Waals surface area contributed by atoms with E-state index >= 15 is 0 Å². The summed E-state index contributed by atoms with van der Waals surface area (Å²) in [6, 6.07) is 6.23. The Labute approximate surface area is 136 Å². The van der Waals surface area contributed by atoms with Crippen molar-refractivity contribution in [3.8, 4) is 0 Å². The quantitative estimate of drug-likeness (QED) is 0.757. The minimum atomic E-state index is -3.25. The highest BCUT2D eigenvalue weighted by molar-refractivity contribution is 7.90. The zero-order valence-corrected chi connectivity index (χ0v) is 13.9. The molecule has 7 heteroatoms. The van der Waals surface area contributed by atoms with Gasteiger partial charge in [-0.15, -0.1) is 6.58 Å². The van der Waals surface area contributed by atoms with E-state index in [9.17, 15) is 18.0 Å². The lowest BCUT2D eigenvalue weighted by Crippen LogP contribution is -2.45. The lowest BCUT2D eigenvalue weighted by Gasteiger charge is -2.27. The number of hydrazine groups is 1. The maximum absolute atomic E-state index is 12.4. The Morgan fingerprint density at radius 3 is 2.22 bits per heavy atom. The van der Waals surface area contributed by atoms with Crippen LogP contribution in [0.4, 0.5) is 0 Å². The number of nitrogens with zero attached hydrogens (tertiary/aromatic N) is 2. The highest BCUT2D eigenvalue weighted by atomic mass is 32.2. The van der Waals surface area contributed by atoms with Crippen LogP contribution in [-0.2, 0) is 25.8 Å². The van der Waals surface area contributed by atoms with Gasteiger partial charge in [0, 0.05) is 25.8 Å². The Bertz CT molecular complexity index is 710. The van der Waals surface area contributed by atoms with Crippen LogP contribution in [0, 0.1) is 0 Å². The Morgan fingerprint density at radius 2 is 1.70 bits per heavy atom. The first kappa shape index (κ1) is 17.2. The molecule has 1 saturated heterocycles. The Hall–Kier alpha value is -2.15. The Kier molecular flexibility index (Phi) is 5.20. The summed E-state index contributed by atoms with van der Waals surface area (Å²) >= 11 is 0. The molecule has 0 radical (unpaired) electrons. The third-order valence-electron chi connectivity index (χ3n) is 3.63. The number of hydrogen-bond acceptors (Lipinski definition) is 4. The highest BCUT2D eigenvalue weighted by Crippen LogP contribution is 2.16. The van der Waals surface area contributed by atoms with Crippen LogP contribution >= 0.6 is 0 Å². The highest BCUT2D eigenvalue weighted by Gasteiger charge is 2.29. The molecular weight excluding hydrogens is 316 g/mol. The van der Waals surface area contributed by atoms with Crippen LogP contribution in [-0.4, -0.2) is 49.6 Å². The van der Waals surface area contributed by atoms with E-state index in [0.29, 0.717) is 18.7 Å². The summed E-state index contributed by atoms with van der Waals surface area (Å²) in [5.74, 6) is -0.315. The van der Waals surface area contributed by atoms with Crippen LogP contribution in [0.25, 0.3) is 0 Å². The van der Waals surface area contributed by atoms with Gasteiger partial charge in [-0.1, -0.05) is 18.2 Å². The summed E-state index contributed by atoms with van der Waals surface area (Å²) in [4.78, 5) is 24.6. The lowest BCUT2D eigenvalue weighted by molar-refractivity contribution is -0.156. The van der Waals surface area contributed by atoms with Crippen molar-refractivity contribution in [3.63, 3.8) is 0 Å². The average molecular weight is 336 g/mol. The first-order valence-corrected chi connectivity index (χ1v) is 9.22. The van der Waals surface area contributed by atoms with E-state index in [1.807, 2.05) is 0 Å². The molecule has 6 nitrogen and oxygen atoms in total. The van der Waals surface area contributed by atoms with Crippen LogP contribution in [0.3, 0.4) is 0 Å². The molecule has 2 amide bonds. The second-order valence-electron chi connectivity index (χ2n) is 5.47. The molecule has 0 unspecified atom stereocenters. The molecule has 1 aliphatic heterocycles. The molecular formula is C16H20N2O4S. The van der Waals surface area contributed by atoms with Crippen molar-refractivity contribution in [3.05, 3.63) is 42.5 Å². The minimum Gasteiger partial charge on any atom is -0.273 e. The topological polar surface area (TPSA) is 74.8 Å². The summed E-state index contributed by atoms with van der Waals surface area (Å²) in [7, 11) is -3.25. The zero-order valence-electron chi connectivity index (χ0n) is 13.1. The second-order valence-corrected chi connectivity index (χ2v) is 7.49. The predicted octanol–water partition coefficient (Wildman–Crippen LogP) is 1.18. The number of carbonyl (C=O) groups is 2. The molecule has 0 bridgehead atoms. The van der Waals surface area contributed by atoms with Gasteiger partial charge in [-0.3, -0.25) is 19.6 Å². The number of benzene rings is 1. The van der Waals surface area contributed by atoms with Crippen LogP contribution in [0.15, 0.2) is 41.8 Å². The number of hydrogen-bond donors (Lipinski definition) is 0. The van der Waals surface area contributed by atoms with Crippen molar-refractivity contribution in [2.24, 2.45) is 0 Å². The van der Waals surface area contributed by atoms with Crippen molar-refractivity contribution >= 4 is 21.7 Å². The first-order valence-electron chi connectivity index (χ1n) is 7.33. The SMILES string of the molecule is C=CCC(=O)N1CCCN1C(=O)Cc1ccc(S(C)(=O)=O)cc1. The van der Waals surface area contributed by atoms with Crippen molar-refractivity contribution in [1.29, 1.82) is 0 Å². The molecule has 124 valence electrons. The largest absolute Gasteiger partial charge is 0.273 e. The van der Waals surface area contributed by atoms with E-state index in [2.05, 4.69) is 6.58 Å². The van der Waals surface area contributed by atoms with E-state index in [1.54, 1.807) is 12.1 Å². The molecule has 23 heavy (non-hydrogen) atoms. The van der Waals surface area contributed by atoms with Crippen LogP contribution < -0.4 is 0 Å². The van der Waals surface area contributed by atoms with Crippen molar-refractivity contribution < 1.29 is 18.0 Å². The summed E-state index contributed by atoms with van der Waals surface area (Å²) in [5, 5.41) is 2.94. The maximum Gasteiger partial charge on any atom is 0.245 e. The van der Waals surface area contributed by atoms with E-state index in [4.69, 9.17) is 0 Å². The molecule has 1 heterocycles. The van der Waals surface area contributed by atoms with Crippen LogP contribution in [0.1, 0.15) is 18.4 Å². The fraction of sp³-hybridized carbons (Fsp3) is 0.375. The van der Waals surface area contributed by atoms with E-state index in [-0.39, 0.29) is 29.6 Å². The van der Waals surface area contributed by atoms with Crippen molar-refractivity contribution in [2.45, 2.75) is 24.2 Å². The molecule has 2 rings (SSSR count). The van der Waals surface area contributed by atoms with Gasteiger partial charge in [-0.2, -0.15) is 0 Å². The molecule has 1 fully saturated rings. The fourth-order valence-corrected chi connectivity index (χ4v) is 3.11. The summed E-state index contributed by atoms with van der Waals surface area (Å²) in [5.41, 5.74) is 0.713. The third kappa shape index (κ3) is 4.19. The third-order valence-corrected chi connectivity index (χ3v) is 4.76. The molecule has 0 saturated carbocycles. The summed E-state index contributed by atoms with van der Waals surface area (Å²) in [6.07, 6.45) is 3.74. The number of amides is 2. The van der Waals surface area contributed by atoms with Gasteiger partial charge >= 0.3 is 0 Å². The van der Waals surface area contributed by atoms with E-state index < -0.39 is 9.84 Å². The molecule has 1 aromatic rings. The van der Waals surface area contributed by atoms with Gasteiger partial charge in [0.1, 0.15) is 0 Å². The van der Waals surface area contributed by atoms with E-state index in [1.165, 1.54) is 28.2 Å². The number of rotatable bonds is 5. The molecule has 0 atom stereocenters. The Balaban J connectivity index is 2.06. The van der Waals surface area contributed by atoms with Crippen LogP contribution in [0.2, 0.25) is 0 Å². The van der Waals surface area contributed by atoms with Crippen molar-refractivity contribution in [2.75, 3.05) is 19.3 Å². The fourth-order valence-electron chi connectivity index (χ4n) is 2.48. The van der Waals surface area contributed by atoms with Gasteiger partial charge < -0.3 is 0 Å². The standard InChI is InChI=1S/C16H20N2O4S/c1-3-5-15(19)17-10-4-11-18(17)16(20)12-13-6-8-14(9-7-13)23(2,21)22/h3,6-9H,1,4-5,10-12H2,2H3. The van der Waals surface area contributed by atoms with Gasteiger partial charge in [0.15, 0.2) is 9.84 Å². The molecule has 1 aliphatic rings. The number of carbonyl (C=O) groups excluding carboxylic acids is 2. The maximum atomic E-state index is 12.4. The smallest absolute Gasteiger partial charge is 0.245 e. The predicted molar refractivity (Wildman–Crippen MR) is 86.1 cm³/mol. The Morgan fingerprint density at radius 1 is 1.13 bits per heavy atom. The van der Waals surface area contributed by atoms with Crippen molar-refractivity contribution in [1.82, 2.24) is 10.0 Å². The number of sulfone groups is 1.